The highest BCUT2D eigenvalue weighted by molar-refractivity contribution is 6.04. The van der Waals surface area contributed by atoms with E-state index in [0.717, 1.165) is 11.1 Å². The molecule has 3 rings (SSSR count). The fraction of sp³-hybridized carbons (Fsp3) is 0.308. The smallest absolute Gasteiger partial charge is 0.322 e. The summed E-state index contributed by atoms with van der Waals surface area (Å²) in [7, 11) is 0. The van der Waals surface area contributed by atoms with Gasteiger partial charge in [-0.25, -0.2) is 4.79 Å². The molecule has 6 heteroatoms. The fourth-order valence-electron chi connectivity index (χ4n) is 4.11. The van der Waals surface area contributed by atoms with Crippen molar-refractivity contribution in [1.82, 2.24) is 15.1 Å². The quantitative estimate of drug-likeness (QED) is 0.682. The Morgan fingerprint density at radius 2 is 1.53 bits per heavy atom. The van der Waals surface area contributed by atoms with Crippen LogP contribution in [-0.4, -0.2) is 54.0 Å². The average molecular weight is 433 g/mol. The molecule has 1 fully saturated rings. The Morgan fingerprint density at radius 3 is 2.09 bits per heavy atom. The van der Waals surface area contributed by atoms with Gasteiger partial charge in [0.05, 0.1) is 6.04 Å². The second kappa shape index (κ2) is 11.4. The van der Waals surface area contributed by atoms with Crippen molar-refractivity contribution in [1.29, 1.82) is 0 Å². The summed E-state index contributed by atoms with van der Waals surface area (Å²) < 4.78 is 0. The highest BCUT2D eigenvalue weighted by Crippen LogP contribution is 2.28. The largest absolute Gasteiger partial charge is 0.324 e. The number of rotatable bonds is 6. The minimum Gasteiger partial charge on any atom is -0.322 e. The molecule has 2 unspecified atom stereocenters. The molecule has 2 aromatic carbocycles. The summed E-state index contributed by atoms with van der Waals surface area (Å²) in [6.07, 6.45) is 6.11. The van der Waals surface area contributed by atoms with Gasteiger partial charge in [-0.2, -0.15) is 0 Å². The maximum Gasteiger partial charge on any atom is 0.324 e. The summed E-state index contributed by atoms with van der Waals surface area (Å²) in [6, 6.07) is 18.5. The highest BCUT2D eigenvalue weighted by Gasteiger charge is 2.32. The Labute approximate surface area is 190 Å². The van der Waals surface area contributed by atoms with Crippen molar-refractivity contribution in [3.8, 4) is 0 Å². The van der Waals surface area contributed by atoms with Crippen LogP contribution >= 0.6 is 0 Å². The normalized spacial score (nSPS) is 17.2. The predicted octanol–water partition coefficient (Wildman–Crippen LogP) is 3.75. The Kier molecular flexibility index (Phi) is 8.36. The molecule has 1 aliphatic heterocycles. The van der Waals surface area contributed by atoms with E-state index in [1.165, 1.54) is 0 Å². The van der Waals surface area contributed by atoms with E-state index in [-0.39, 0.29) is 24.0 Å². The van der Waals surface area contributed by atoms with Crippen molar-refractivity contribution in [2.45, 2.75) is 25.9 Å². The van der Waals surface area contributed by atoms with E-state index in [1.54, 1.807) is 29.2 Å². The zero-order valence-corrected chi connectivity index (χ0v) is 18.8. The topological polar surface area (TPSA) is 78.7 Å². The third kappa shape index (κ3) is 5.72. The van der Waals surface area contributed by atoms with E-state index in [1.807, 2.05) is 44.2 Å². The van der Waals surface area contributed by atoms with Crippen LogP contribution in [0, 0.1) is 0 Å². The molecule has 1 saturated heterocycles. The monoisotopic (exact) mass is 432 g/mol. The van der Waals surface area contributed by atoms with E-state index in [0.29, 0.717) is 31.7 Å². The van der Waals surface area contributed by atoms with Crippen LogP contribution in [0.15, 0.2) is 84.5 Å². The Bertz CT molecular complexity index is 948. The number of nitrogens with two attached hydrogens (primary N) is 1. The zero-order chi connectivity index (χ0) is 22.9. The molecule has 0 aromatic heterocycles. The molecule has 2 atom stereocenters. The predicted molar refractivity (Wildman–Crippen MR) is 128 cm³/mol. The van der Waals surface area contributed by atoms with Gasteiger partial charge in [-0.15, -0.1) is 0 Å². The summed E-state index contributed by atoms with van der Waals surface area (Å²) in [4.78, 5) is 29.0. The van der Waals surface area contributed by atoms with Crippen molar-refractivity contribution in [3.63, 3.8) is 0 Å². The van der Waals surface area contributed by atoms with Crippen LogP contribution in [0.3, 0.4) is 0 Å². The van der Waals surface area contributed by atoms with Crippen molar-refractivity contribution < 1.29 is 9.59 Å². The minimum atomic E-state index is -0.383. The molecule has 0 aliphatic carbocycles. The maximum absolute atomic E-state index is 12.6. The number of amides is 3. The van der Waals surface area contributed by atoms with Crippen LogP contribution in [0.2, 0.25) is 0 Å². The molecule has 1 heterocycles. The average Bonchev–Trinajstić information content (AvgIpc) is 2.84. The first-order valence-electron chi connectivity index (χ1n) is 11.0. The number of nitrogens with one attached hydrogen (secondary N) is 1. The van der Waals surface area contributed by atoms with Gasteiger partial charge in [-0.3, -0.25) is 15.0 Å². The van der Waals surface area contributed by atoms with E-state index in [9.17, 15) is 9.59 Å². The van der Waals surface area contributed by atoms with E-state index in [4.69, 9.17) is 5.73 Å². The number of urea groups is 1. The van der Waals surface area contributed by atoms with Crippen molar-refractivity contribution in [2.24, 2.45) is 5.73 Å². The molecular formula is C26H32N4O2. The second-order valence-electron chi connectivity index (χ2n) is 7.82. The molecular weight excluding hydrogens is 400 g/mol. The first-order valence-corrected chi connectivity index (χ1v) is 11.0. The summed E-state index contributed by atoms with van der Waals surface area (Å²) in [5, 5.41) is 2.50. The number of hydrogen-bond donors (Lipinski definition) is 2. The van der Waals surface area contributed by atoms with Crippen LogP contribution in [0.4, 0.5) is 4.79 Å². The van der Waals surface area contributed by atoms with Gasteiger partial charge in [0.1, 0.15) is 0 Å². The number of benzene rings is 2. The van der Waals surface area contributed by atoms with Crippen LogP contribution in [0.1, 0.15) is 35.8 Å². The third-order valence-corrected chi connectivity index (χ3v) is 5.81. The standard InChI is InChI=1S/C26H32N4O2/c1-3-11-20(4-2)23(27)24(21-12-7-5-8-13-21)29-16-18-30(19-17-29)26(32)28-25(31)22-14-9-6-10-15-22/h3-15,23-24H,16-19,27H2,1-2H3,(H,28,31,32). The lowest BCUT2D eigenvalue weighted by Crippen LogP contribution is -2.55. The Balaban J connectivity index is 1.68. The lowest BCUT2D eigenvalue weighted by Gasteiger charge is -2.41. The summed E-state index contributed by atoms with van der Waals surface area (Å²) in [5.74, 6) is -0.383. The van der Waals surface area contributed by atoms with Gasteiger partial charge < -0.3 is 10.6 Å². The van der Waals surface area contributed by atoms with E-state index < -0.39 is 0 Å². The van der Waals surface area contributed by atoms with Crippen molar-refractivity contribution in [3.05, 3.63) is 95.6 Å². The van der Waals surface area contributed by atoms with Gasteiger partial charge in [-0.05, 0) is 37.1 Å². The minimum absolute atomic E-state index is 0.00485. The summed E-state index contributed by atoms with van der Waals surface area (Å²) >= 11 is 0. The van der Waals surface area contributed by atoms with Gasteiger partial charge in [0.2, 0.25) is 0 Å². The van der Waals surface area contributed by atoms with Crippen molar-refractivity contribution >= 4 is 11.9 Å². The highest BCUT2D eigenvalue weighted by atomic mass is 16.2. The number of imide groups is 1. The molecule has 0 radical (unpaired) electrons. The van der Waals surface area contributed by atoms with Crippen LogP contribution in [-0.2, 0) is 0 Å². The summed E-state index contributed by atoms with van der Waals surface area (Å²) in [5.41, 5.74) is 9.45. The van der Waals surface area contributed by atoms with Gasteiger partial charge in [0, 0.05) is 37.8 Å². The van der Waals surface area contributed by atoms with Gasteiger partial charge in [0.15, 0.2) is 0 Å². The van der Waals surface area contributed by atoms with Crippen LogP contribution in [0.5, 0.6) is 0 Å². The van der Waals surface area contributed by atoms with Crippen molar-refractivity contribution in [2.75, 3.05) is 26.2 Å². The lowest BCUT2D eigenvalue weighted by molar-refractivity contribution is 0.0887. The first-order chi connectivity index (χ1) is 15.5. The van der Waals surface area contributed by atoms with Crippen LogP contribution < -0.4 is 11.1 Å². The molecule has 0 bridgehead atoms. The maximum atomic E-state index is 12.6. The number of carbonyl (C=O) groups excluding carboxylic acids is 2. The molecule has 1 aliphatic rings. The van der Waals surface area contributed by atoms with E-state index in [2.05, 4.69) is 34.5 Å². The number of nitrogens with zero attached hydrogens (tertiary/aromatic N) is 2. The SMILES string of the molecule is CC=CC(=CC)C(N)C(c1ccccc1)N1CCN(C(=O)NC(=O)c2ccccc2)CC1. The van der Waals surface area contributed by atoms with Crippen LogP contribution in [0.25, 0.3) is 0 Å². The van der Waals surface area contributed by atoms with E-state index >= 15 is 0 Å². The first kappa shape index (κ1) is 23.4. The molecule has 0 spiro atoms. The fourth-order valence-corrected chi connectivity index (χ4v) is 4.11. The molecule has 3 N–H and O–H groups in total. The third-order valence-electron chi connectivity index (χ3n) is 5.81. The number of carbonyl (C=O) groups is 2. The number of hydrogen-bond acceptors (Lipinski definition) is 4. The Morgan fingerprint density at radius 1 is 0.938 bits per heavy atom. The second-order valence-corrected chi connectivity index (χ2v) is 7.82. The molecule has 6 nitrogen and oxygen atoms in total. The van der Waals surface area contributed by atoms with Gasteiger partial charge >= 0.3 is 6.03 Å². The van der Waals surface area contributed by atoms with Gasteiger partial charge in [-0.1, -0.05) is 66.8 Å². The number of allylic oxidation sites excluding steroid dienone is 2. The molecule has 168 valence electrons. The zero-order valence-electron chi connectivity index (χ0n) is 18.8. The van der Waals surface area contributed by atoms with Gasteiger partial charge in [0.25, 0.3) is 5.91 Å². The lowest BCUT2D eigenvalue weighted by atomic mass is 9.91. The molecule has 32 heavy (non-hydrogen) atoms. The molecule has 3 amide bonds. The molecule has 0 saturated carbocycles. The molecule has 2 aromatic rings. The Hall–Kier alpha value is -3.22. The number of piperazine rings is 1. The summed E-state index contributed by atoms with van der Waals surface area (Å²) in [6.45, 7) is 6.39.